The van der Waals surface area contributed by atoms with Crippen LogP contribution >= 0.6 is 0 Å². The Morgan fingerprint density at radius 3 is 2.38 bits per heavy atom. The van der Waals surface area contributed by atoms with Gasteiger partial charge in [-0.15, -0.1) is 0 Å². The Hall–Kier alpha value is -1.10. The smallest absolute Gasteiger partial charge is 0.320 e. The van der Waals surface area contributed by atoms with Crippen LogP contribution in [0.3, 0.4) is 0 Å². The van der Waals surface area contributed by atoms with Gasteiger partial charge in [-0.1, -0.05) is 6.92 Å². The fraction of sp³-hybridized carbons (Fsp3) is 0.750. The summed E-state index contributed by atoms with van der Waals surface area (Å²) in [7, 11) is 0. The molecule has 0 aromatic carbocycles. The molecule has 13 heavy (non-hydrogen) atoms. The summed E-state index contributed by atoms with van der Waals surface area (Å²) in [6, 6.07) is -0.520. The maximum absolute atomic E-state index is 10.5. The molecule has 1 amide bonds. The van der Waals surface area contributed by atoms with Gasteiger partial charge in [0, 0.05) is 20.0 Å². The molecule has 76 valence electrons. The maximum Gasteiger partial charge on any atom is 0.320 e. The number of hydrogen-bond acceptors (Lipinski definition) is 3. The van der Waals surface area contributed by atoms with Crippen molar-refractivity contribution in [3.05, 3.63) is 0 Å². The lowest BCUT2D eigenvalue weighted by atomic mass is 10.2. The molecule has 0 saturated heterocycles. The standard InChI is InChI=1S/C8H16N2O3/c1-3-7(8(12)13)10-5-4-9-6(2)11/h7,10H,3-5H2,1-2H3,(H,9,11)(H,12,13). The van der Waals surface area contributed by atoms with Crippen molar-refractivity contribution in [1.82, 2.24) is 10.6 Å². The normalized spacial score (nSPS) is 12.2. The van der Waals surface area contributed by atoms with Gasteiger partial charge in [-0.3, -0.25) is 9.59 Å². The zero-order valence-corrected chi connectivity index (χ0v) is 7.96. The van der Waals surface area contributed by atoms with Gasteiger partial charge < -0.3 is 15.7 Å². The molecule has 0 radical (unpaired) electrons. The van der Waals surface area contributed by atoms with Gasteiger partial charge in [0.05, 0.1) is 0 Å². The Bertz CT molecular complexity index is 182. The van der Waals surface area contributed by atoms with E-state index >= 15 is 0 Å². The highest BCUT2D eigenvalue weighted by Crippen LogP contribution is 1.88. The Morgan fingerprint density at radius 1 is 1.38 bits per heavy atom. The first-order chi connectivity index (χ1) is 6.07. The Balaban J connectivity index is 3.50. The molecule has 1 atom stereocenters. The van der Waals surface area contributed by atoms with Crippen LogP contribution in [0.5, 0.6) is 0 Å². The van der Waals surface area contributed by atoms with Gasteiger partial charge in [-0.25, -0.2) is 0 Å². The largest absolute Gasteiger partial charge is 0.480 e. The predicted molar refractivity (Wildman–Crippen MR) is 48.4 cm³/mol. The number of aliphatic carboxylic acids is 1. The maximum atomic E-state index is 10.5. The average molecular weight is 188 g/mol. The molecule has 1 unspecified atom stereocenters. The molecule has 0 aromatic rings. The summed E-state index contributed by atoms with van der Waals surface area (Å²) >= 11 is 0. The van der Waals surface area contributed by atoms with Crippen LogP contribution in [0, 0.1) is 0 Å². The molecule has 0 heterocycles. The van der Waals surface area contributed by atoms with E-state index in [9.17, 15) is 9.59 Å². The van der Waals surface area contributed by atoms with Gasteiger partial charge in [0.15, 0.2) is 0 Å². The van der Waals surface area contributed by atoms with Crippen LogP contribution in [0.15, 0.2) is 0 Å². The summed E-state index contributed by atoms with van der Waals surface area (Å²) < 4.78 is 0. The van der Waals surface area contributed by atoms with Gasteiger partial charge in [0.25, 0.3) is 0 Å². The topological polar surface area (TPSA) is 78.4 Å². The number of carbonyl (C=O) groups is 2. The Morgan fingerprint density at radius 2 is 2.00 bits per heavy atom. The third kappa shape index (κ3) is 6.10. The SMILES string of the molecule is CCC(NCCNC(C)=O)C(=O)O. The second kappa shape index (κ2) is 6.42. The second-order valence-electron chi connectivity index (χ2n) is 2.74. The van der Waals surface area contributed by atoms with E-state index in [-0.39, 0.29) is 5.91 Å². The summed E-state index contributed by atoms with van der Waals surface area (Å²) in [6.45, 7) is 4.15. The molecule has 0 rings (SSSR count). The monoisotopic (exact) mass is 188 g/mol. The van der Waals surface area contributed by atoms with E-state index in [2.05, 4.69) is 10.6 Å². The molecule has 0 bridgehead atoms. The zero-order valence-electron chi connectivity index (χ0n) is 7.96. The molecule has 0 saturated carbocycles. The molecule has 0 aliphatic carbocycles. The number of rotatable bonds is 6. The summed E-state index contributed by atoms with van der Waals surface area (Å²) in [5.41, 5.74) is 0. The number of hydrogen-bond donors (Lipinski definition) is 3. The lowest BCUT2D eigenvalue weighted by Gasteiger charge is -2.11. The fourth-order valence-electron chi connectivity index (χ4n) is 0.891. The minimum absolute atomic E-state index is 0.106. The van der Waals surface area contributed by atoms with Crippen molar-refractivity contribution in [3.63, 3.8) is 0 Å². The number of nitrogens with one attached hydrogen (secondary N) is 2. The summed E-state index contributed by atoms with van der Waals surface area (Å²) in [5, 5.41) is 14.0. The molecule has 0 aromatic heterocycles. The molecule has 5 nitrogen and oxygen atoms in total. The zero-order chi connectivity index (χ0) is 10.3. The van der Waals surface area contributed by atoms with E-state index in [0.29, 0.717) is 19.5 Å². The Kier molecular flexibility index (Phi) is 5.88. The fourth-order valence-corrected chi connectivity index (χ4v) is 0.891. The number of carbonyl (C=O) groups excluding carboxylic acids is 1. The van der Waals surface area contributed by atoms with Crippen molar-refractivity contribution in [2.24, 2.45) is 0 Å². The Labute approximate surface area is 77.5 Å². The van der Waals surface area contributed by atoms with Gasteiger partial charge in [0.2, 0.25) is 5.91 Å². The summed E-state index contributed by atoms with van der Waals surface area (Å²) in [6.07, 6.45) is 0.537. The van der Waals surface area contributed by atoms with Crippen LogP contribution in [-0.4, -0.2) is 36.1 Å². The van der Waals surface area contributed by atoms with E-state index in [1.54, 1.807) is 6.92 Å². The van der Waals surface area contributed by atoms with E-state index in [1.807, 2.05) is 0 Å². The first-order valence-electron chi connectivity index (χ1n) is 4.28. The van der Waals surface area contributed by atoms with E-state index in [4.69, 9.17) is 5.11 Å². The number of amides is 1. The first kappa shape index (κ1) is 11.9. The third-order valence-electron chi connectivity index (χ3n) is 1.60. The van der Waals surface area contributed by atoms with Gasteiger partial charge in [-0.2, -0.15) is 0 Å². The van der Waals surface area contributed by atoms with E-state index in [0.717, 1.165) is 0 Å². The molecule has 5 heteroatoms. The van der Waals surface area contributed by atoms with Crippen LogP contribution in [0.2, 0.25) is 0 Å². The average Bonchev–Trinajstić information content (AvgIpc) is 2.03. The van der Waals surface area contributed by atoms with Crippen molar-refractivity contribution < 1.29 is 14.7 Å². The van der Waals surface area contributed by atoms with Crippen molar-refractivity contribution >= 4 is 11.9 Å². The summed E-state index contributed by atoms with van der Waals surface area (Å²) in [4.78, 5) is 20.9. The van der Waals surface area contributed by atoms with Crippen molar-refractivity contribution in [1.29, 1.82) is 0 Å². The lowest BCUT2D eigenvalue weighted by molar-refractivity contribution is -0.139. The number of carboxylic acid groups (broad SMARTS) is 1. The van der Waals surface area contributed by atoms with Gasteiger partial charge in [-0.05, 0) is 6.42 Å². The predicted octanol–water partition coefficient (Wildman–Crippen LogP) is -0.425. The molecule has 0 aliphatic heterocycles. The minimum atomic E-state index is -0.856. The molecule has 0 fully saturated rings. The summed E-state index contributed by atoms with van der Waals surface area (Å²) in [5.74, 6) is -0.963. The van der Waals surface area contributed by atoms with Crippen molar-refractivity contribution in [2.75, 3.05) is 13.1 Å². The molecule has 0 spiro atoms. The van der Waals surface area contributed by atoms with Crippen molar-refractivity contribution in [3.8, 4) is 0 Å². The first-order valence-corrected chi connectivity index (χ1v) is 4.28. The lowest BCUT2D eigenvalue weighted by Crippen LogP contribution is -2.40. The third-order valence-corrected chi connectivity index (χ3v) is 1.60. The highest BCUT2D eigenvalue weighted by Gasteiger charge is 2.12. The minimum Gasteiger partial charge on any atom is -0.480 e. The molecular weight excluding hydrogens is 172 g/mol. The van der Waals surface area contributed by atoms with Gasteiger partial charge >= 0.3 is 5.97 Å². The van der Waals surface area contributed by atoms with Crippen LogP contribution in [0.25, 0.3) is 0 Å². The van der Waals surface area contributed by atoms with Crippen LogP contribution in [0.4, 0.5) is 0 Å². The number of carboxylic acids is 1. The van der Waals surface area contributed by atoms with E-state index < -0.39 is 12.0 Å². The van der Waals surface area contributed by atoms with Crippen LogP contribution in [0.1, 0.15) is 20.3 Å². The van der Waals surface area contributed by atoms with E-state index in [1.165, 1.54) is 6.92 Å². The molecule has 3 N–H and O–H groups in total. The molecular formula is C8H16N2O3. The van der Waals surface area contributed by atoms with Crippen molar-refractivity contribution in [2.45, 2.75) is 26.3 Å². The second-order valence-corrected chi connectivity index (χ2v) is 2.74. The quantitative estimate of drug-likeness (QED) is 0.494. The molecule has 0 aliphatic rings. The highest BCUT2D eigenvalue weighted by molar-refractivity contribution is 5.73. The highest BCUT2D eigenvalue weighted by atomic mass is 16.4. The van der Waals surface area contributed by atoms with Gasteiger partial charge in [0.1, 0.15) is 6.04 Å². The van der Waals surface area contributed by atoms with Crippen LogP contribution < -0.4 is 10.6 Å². The van der Waals surface area contributed by atoms with Crippen LogP contribution in [-0.2, 0) is 9.59 Å².